The maximum atomic E-state index is 5.83. The molecular weight excluding hydrogens is 192 g/mol. The van der Waals surface area contributed by atoms with Crippen LogP contribution >= 0.6 is 11.3 Å². The fourth-order valence-corrected chi connectivity index (χ4v) is 2.45. The summed E-state index contributed by atoms with van der Waals surface area (Å²) in [5.41, 5.74) is 5.99. The molecule has 1 unspecified atom stereocenters. The van der Waals surface area contributed by atoms with Crippen molar-refractivity contribution < 1.29 is 0 Å². The number of rotatable bonds is 5. The summed E-state index contributed by atoms with van der Waals surface area (Å²) in [6, 6.07) is 4.26. The van der Waals surface area contributed by atoms with Gasteiger partial charge in [-0.15, -0.1) is 11.3 Å². The SMILES string of the molecule is CC(CN)(NCc1cccs1)C1CC1. The second kappa shape index (κ2) is 4.01. The molecule has 3 heteroatoms. The molecule has 0 bridgehead atoms. The fraction of sp³-hybridized carbons (Fsp3) is 0.636. The van der Waals surface area contributed by atoms with E-state index in [-0.39, 0.29) is 5.54 Å². The molecule has 0 aliphatic heterocycles. The predicted molar refractivity (Wildman–Crippen MR) is 61.3 cm³/mol. The van der Waals surface area contributed by atoms with E-state index in [0.717, 1.165) is 19.0 Å². The van der Waals surface area contributed by atoms with Gasteiger partial charge in [0, 0.05) is 23.5 Å². The molecular formula is C11H18N2S. The smallest absolute Gasteiger partial charge is 0.0307 e. The van der Waals surface area contributed by atoms with E-state index < -0.39 is 0 Å². The van der Waals surface area contributed by atoms with Crippen LogP contribution in [0.3, 0.4) is 0 Å². The summed E-state index contributed by atoms with van der Waals surface area (Å²) < 4.78 is 0. The van der Waals surface area contributed by atoms with Crippen LogP contribution in [-0.4, -0.2) is 12.1 Å². The molecule has 1 saturated carbocycles. The fourth-order valence-electron chi connectivity index (χ4n) is 1.81. The molecule has 0 radical (unpaired) electrons. The Labute approximate surface area is 89.5 Å². The number of hydrogen-bond acceptors (Lipinski definition) is 3. The van der Waals surface area contributed by atoms with Gasteiger partial charge in [-0.25, -0.2) is 0 Å². The zero-order valence-corrected chi connectivity index (χ0v) is 9.44. The average Bonchev–Trinajstić information content (AvgIpc) is 2.94. The highest BCUT2D eigenvalue weighted by molar-refractivity contribution is 7.09. The average molecular weight is 210 g/mol. The van der Waals surface area contributed by atoms with Crippen LogP contribution in [0.25, 0.3) is 0 Å². The second-order valence-corrected chi connectivity index (χ2v) is 5.36. The van der Waals surface area contributed by atoms with Crippen LogP contribution in [0.4, 0.5) is 0 Å². The van der Waals surface area contributed by atoms with Crippen molar-refractivity contribution in [2.45, 2.75) is 31.8 Å². The molecule has 1 aliphatic rings. The van der Waals surface area contributed by atoms with E-state index >= 15 is 0 Å². The molecule has 0 spiro atoms. The summed E-state index contributed by atoms with van der Waals surface area (Å²) in [7, 11) is 0. The Morgan fingerprint density at radius 3 is 2.93 bits per heavy atom. The van der Waals surface area contributed by atoms with Gasteiger partial charge in [-0.2, -0.15) is 0 Å². The van der Waals surface area contributed by atoms with Gasteiger partial charge in [-0.3, -0.25) is 0 Å². The molecule has 1 atom stereocenters. The van der Waals surface area contributed by atoms with E-state index in [4.69, 9.17) is 5.73 Å². The first-order valence-electron chi connectivity index (χ1n) is 5.22. The van der Waals surface area contributed by atoms with Crippen LogP contribution in [0, 0.1) is 5.92 Å². The molecule has 1 fully saturated rings. The van der Waals surface area contributed by atoms with Crippen molar-refractivity contribution in [2.75, 3.05) is 6.54 Å². The molecule has 14 heavy (non-hydrogen) atoms. The highest BCUT2D eigenvalue weighted by Gasteiger charge is 2.39. The maximum absolute atomic E-state index is 5.83. The largest absolute Gasteiger partial charge is 0.329 e. The topological polar surface area (TPSA) is 38.0 Å². The van der Waals surface area contributed by atoms with E-state index in [9.17, 15) is 0 Å². The molecule has 0 amide bonds. The highest BCUT2D eigenvalue weighted by atomic mass is 32.1. The Morgan fingerprint density at radius 1 is 1.64 bits per heavy atom. The minimum Gasteiger partial charge on any atom is -0.329 e. The second-order valence-electron chi connectivity index (χ2n) is 4.33. The first-order valence-corrected chi connectivity index (χ1v) is 6.10. The van der Waals surface area contributed by atoms with E-state index in [1.807, 2.05) is 0 Å². The Morgan fingerprint density at radius 2 is 2.43 bits per heavy atom. The normalized spacial score (nSPS) is 20.7. The van der Waals surface area contributed by atoms with Crippen LogP contribution in [0.1, 0.15) is 24.6 Å². The van der Waals surface area contributed by atoms with E-state index in [2.05, 4.69) is 29.8 Å². The number of nitrogens with one attached hydrogen (secondary N) is 1. The van der Waals surface area contributed by atoms with Crippen molar-refractivity contribution in [2.24, 2.45) is 11.7 Å². The van der Waals surface area contributed by atoms with E-state index in [1.165, 1.54) is 17.7 Å². The molecule has 78 valence electrons. The number of nitrogens with two attached hydrogens (primary N) is 1. The summed E-state index contributed by atoms with van der Waals surface area (Å²) in [5.74, 6) is 0.799. The lowest BCUT2D eigenvalue weighted by Gasteiger charge is -2.29. The molecule has 1 aromatic heterocycles. The lowest BCUT2D eigenvalue weighted by atomic mass is 9.96. The third-order valence-corrected chi connectivity index (χ3v) is 4.03. The van der Waals surface area contributed by atoms with E-state index in [0.29, 0.717) is 0 Å². The summed E-state index contributed by atoms with van der Waals surface area (Å²) in [4.78, 5) is 1.39. The summed E-state index contributed by atoms with van der Waals surface area (Å²) in [6.45, 7) is 3.95. The third kappa shape index (κ3) is 2.16. The first kappa shape index (κ1) is 10.1. The van der Waals surface area contributed by atoms with E-state index in [1.54, 1.807) is 11.3 Å². The lowest BCUT2D eigenvalue weighted by molar-refractivity contribution is 0.318. The van der Waals surface area contributed by atoms with Gasteiger partial charge in [-0.1, -0.05) is 6.07 Å². The highest BCUT2D eigenvalue weighted by Crippen LogP contribution is 2.39. The monoisotopic (exact) mass is 210 g/mol. The zero-order valence-electron chi connectivity index (χ0n) is 8.62. The van der Waals surface area contributed by atoms with Crippen LogP contribution in [-0.2, 0) is 6.54 Å². The van der Waals surface area contributed by atoms with Crippen molar-refractivity contribution in [3.05, 3.63) is 22.4 Å². The van der Waals surface area contributed by atoms with Gasteiger partial charge in [-0.05, 0) is 37.1 Å². The minimum atomic E-state index is 0.157. The van der Waals surface area contributed by atoms with Gasteiger partial charge in [0.05, 0.1) is 0 Å². The molecule has 3 N–H and O–H groups in total. The zero-order chi connectivity index (χ0) is 10.0. The molecule has 1 heterocycles. The van der Waals surface area contributed by atoms with Crippen molar-refractivity contribution in [3.8, 4) is 0 Å². The molecule has 1 aliphatic carbocycles. The van der Waals surface area contributed by atoms with Gasteiger partial charge in [0.2, 0.25) is 0 Å². The molecule has 0 saturated heterocycles. The van der Waals surface area contributed by atoms with Crippen LogP contribution in [0.5, 0.6) is 0 Å². The number of thiophene rings is 1. The van der Waals surface area contributed by atoms with Crippen LogP contribution in [0.2, 0.25) is 0 Å². The maximum Gasteiger partial charge on any atom is 0.0307 e. The molecule has 2 nitrogen and oxygen atoms in total. The Kier molecular flexibility index (Phi) is 2.91. The predicted octanol–water partition coefficient (Wildman–Crippen LogP) is 1.97. The van der Waals surface area contributed by atoms with Crippen molar-refractivity contribution >= 4 is 11.3 Å². The van der Waals surface area contributed by atoms with Crippen molar-refractivity contribution in [1.29, 1.82) is 0 Å². The minimum absolute atomic E-state index is 0.157. The first-order chi connectivity index (χ1) is 6.74. The summed E-state index contributed by atoms with van der Waals surface area (Å²) in [5, 5.41) is 5.71. The van der Waals surface area contributed by atoms with Gasteiger partial charge < -0.3 is 11.1 Å². The van der Waals surface area contributed by atoms with Gasteiger partial charge in [0.15, 0.2) is 0 Å². The van der Waals surface area contributed by atoms with Gasteiger partial charge in [0.25, 0.3) is 0 Å². The van der Waals surface area contributed by atoms with Crippen LogP contribution < -0.4 is 11.1 Å². The Balaban J connectivity index is 1.89. The summed E-state index contributed by atoms with van der Waals surface area (Å²) >= 11 is 1.80. The Bertz CT molecular complexity index is 279. The van der Waals surface area contributed by atoms with Crippen molar-refractivity contribution in [1.82, 2.24) is 5.32 Å². The lowest BCUT2D eigenvalue weighted by Crippen LogP contribution is -2.50. The van der Waals surface area contributed by atoms with Crippen molar-refractivity contribution in [3.63, 3.8) is 0 Å². The standard InChI is InChI=1S/C11H18N2S/c1-11(8-12,9-4-5-9)13-7-10-3-2-6-14-10/h2-3,6,9,13H,4-5,7-8,12H2,1H3. The Hall–Kier alpha value is -0.380. The molecule has 1 aromatic rings. The number of hydrogen-bond donors (Lipinski definition) is 2. The summed E-state index contributed by atoms with van der Waals surface area (Å²) in [6.07, 6.45) is 2.68. The van der Waals surface area contributed by atoms with Gasteiger partial charge >= 0.3 is 0 Å². The third-order valence-electron chi connectivity index (χ3n) is 3.15. The van der Waals surface area contributed by atoms with Crippen LogP contribution in [0.15, 0.2) is 17.5 Å². The molecule has 2 rings (SSSR count). The molecule has 0 aromatic carbocycles. The van der Waals surface area contributed by atoms with Gasteiger partial charge in [0.1, 0.15) is 0 Å². The quantitative estimate of drug-likeness (QED) is 0.779.